The molecule has 2 aromatic carbocycles. The number of nitrogens with zero attached hydrogens (tertiary/aromatic N) is 1. The second kappa shape index (κ2) is 7.04. The van der Waals surface area contributed by atoms with E-state index in [-0.39, 0.29) is 11.9 Å². The number of benzene rings is 2. The molecule has 0 radical (unpaired) electrons. The number of H-pyrrole nitrogens is 1. The molecule has 134 valence electrons. The van der Waals surface area contributed by atoms with Crippen molar-refractivity contribution in [3.63, 3.8) is 0 Å². The zero-order valence-corrected chi connectivity index (χ0v) is 15.5. The predicted molar refractivity (Wildman–Crippen MR) is 107 cm³/mol. The van der Waals surface area contributed by atoms with Crippen LogP contribution in [-0.2, 0) is 6.42 Å². The van der Waals surface area contributed by atoms with Gasteiger partial charge in [0, 0.05) is 40.6 Å². The van der Waals surface area contributed by atoms with E-state index >= 15 is 0 Å². The van der Waals surface area contributed by atoms with Crippen LogP contribution >= 0.6 is 11.6 Å². The number of carbonyl (C=O) groups is 1. The summed E-state index contributed by atoms with van der Waals surface area (Å²) in [4.78, 5) is 18.2. The lowest BCUT2D eigenvalue weighted by molar-refractivity contribution is 0.0790. The zero-order chi connectivity index (χ0) is 18.1. The molecule has 2 heterocycles. The number of aromatic amines is 1. The van der Waals surface area contributed by atoms with Gasteiger partial charge in [0.1, 0.15) is 5.82 Å². The molecule has 26 heavy (non-hydrogen) atoms. The summed E-state index contributed by atoms with van der Waals surface area (Å²) in [6, 6.07) is 16.1. The van der Waals surface area contributed by atoms with Gasteiger partial charge in [-0.25, -0.2) is 0 Å². The highest BCUT2D eigenvalue weighted by Crippen LogP contribution is 2.24. The van der Waals surface area contributed by atoms with Crippen LogP contribution in [0.3, 0.4) is 0 Å². The van der Waals surface area contributed by atoms with Crippen molar-refractivity contribution in [2.45, 2.75) is 25.8 Å². The van der Waals surface area contributed by atoms with E-state index in [4.69, 9.17) is 11.6 Å². The van der Waals surface area contributed by atoms with Gasteiger partial charge in [-0.15, -0.1) is 0 Å². The van der Waals surface area contributed by atoms with E-state index in [1.54, 1.807) is 0 Å². The number of anilines is 1. The van der Waals surface area contributed by atoms with Crippen molar-refractivity contribution in [3.05, 3.63) is 64.7 Å². The number of fused-ring (bicyclic) bond motifs is 1. The molecule has 0 aliphatic carbocycles. The maximum Gasteiger partial charge on any atom is 0.254 e. The Bertz CT molecular complexity index is 949. The molecule has 3 aromatic rings. The van der Waals surface area contributed by atoms with Gasteiger partial charge in [0.2, 0.25) is 0 Å². The minimum Gasteiger partial charge on any atom is -0.367 e. The van der Waals surface area contributed by atoms with E-state index in [0.29, 0.717) is 6.54 Å². The van der Waals surface area contributed by atoms with Crippen LogP contribution in [0.2, 0.25) is 5.02 Å². The molecule has 2 N–H and O–H groups in total. The molecule has 1 atom stereocenters. The highest BCUT2D eigenvalue weighted by Gasteiger charge is 2.28. The third-order valence-electron chi connectivity index (χ3n) is 5.05. The summed E-state index contributed by atoms with van der Waals surface area (Å²) in [6.07, 6.45) is 1.81. The molecule has 1 fully saturated rings. The Balaban J connectivity index is 1.45. The lowest BCUT2D eigenvalue weighted by Crippen LogP contribution is -2.32. The quantitative estimate of drug-likeness (QED) is 0.701. The van der Waals surface area contributed by atoms with E-state index in [0.717, 1.165) is 52.3 Å². The number of hydrogen-bond donors (Lipinski definition) is 2. The van der Waals surface area contributed by atoms with Crippen LogP contribution in [0.5, 0.6) is 0 Å². The standard InChI is InChI=1S/C21H22ClN3O/c1-2-14-5-3-4-6-18(14)21(26)25-10-9-17(13-25)23-20-11-15-7-8-16(22)12-19(15)24-20/h3-8,11-12,17,23-24H,2,9-10,13H2,1H3/t17-/m1/s1. The average molecular weight is 368 g/mol. The van der Waals surface area contributed by atoms with Gasteiger partial charge < -0.3 is 15.2 Å². The number of carbonyl (C=O) groups excluding carboxylic acids is 1. The number of halogens is 1. The molecule has 0 bridgehead atoms. The third-order valence-corrected chi connectivity index (χ3v) is 5.28. The summed E-state index contributed by atoms with van der Waals surface area (Å²) in [5.41, 5.74) is 2.96. The number of nitrogens with one attached hydrogen (secondary N) is 2. The molecule has 4 nitrogen and oxygen atoms in total. The topological polar surface area (TPSA) is 48.1 Å². The molecule has 4 rings (SSSR count). The largest absolute Gasteiger partial charge is 0.367 e. The first-order valence-corrected chi connectivity index (χ1v) is 9.44. The van der Waals surface area contributed by atoms with Crippen LogP contribution in [0.1, 0.15) is 29.3 Å². The van der Waals surface area contributed by atoms with Gasteiger partial charge in [-0.2, -0.15) is 0 Å². The van der Waals surface area contributed by atoms with E-state index in [1.165, 1.54) is 0 Å². The zero-order valence-electron chi connectivity index (χ0n) is 14.8. The number of aromatic nitrogens is 1. The summed E-state index contributed by atoms with van der Waals surface area (Å²) in [5, 5.41) is 5.37. The van der Waals surface area contributed by atoms with Crippen LogP contribution in [-0.4, -0.2) is 34.9 Å². The molecule has 1 aliphatic heterocycles. The first-order chi connectivity index (χ1) is 12.6. The van der Waals surface area contributed by atoms with Crippen LogP contribution in [0.4, 0.5) is 5.82 Å². The highest BCUT2D eigenvalue weighted by molar-refractivity contribution is 6.31. The van der Waals surface area contributed by atoms with Gasteiger partial charge in [0.05, 0.1) is 0 Å². The summed E-state index contributed by atoms with van der Waals surface area (Å²) < 4.78 is 0. The number of amides is 1. The lowest BCUT2D eigenvalue weighted by Gasteiger charge is -2.19. The summed E-state index contributed by atoms with van der Waals surface area (Å²) in [6.45, 7) is 3.58. The van der Waals surface area contributed by atoms with Crippen molar-refractivity contribution >= 4 is 34.2 Å². The Hall–Kier alpha value is -2.46. The molecule has 1 saturated heterocycles. The number of hydrogen-bond acceptors (Lipinski definition) is 2. The van der Waals surface area contributed by atoms with Gasteiger partial charge in [0.25, 0.3) is 5.91 Å². The molecule has 1 amide bonds. The van der Waals surface area contributed by atoms with E-state index in [9.17, 15) is 4.79 Å². The number of likely N-dealkylation sites (tertiary alicyclic amines) is 1. The Labute approximate surface area is 158 Å². The molecule has 0 unspecified atom stereocenters. The minimum absolute atomic E-state index is 0.134. The van der Waals surface area contributed by atoms with E-state index < -0.39 is 0 Å². The van der Waals surface area contributed by atoms with Gasteiger partial charge in [-0.05, 0) is 42.7 Å². The third kappa shape index (κ3) is 3.29. The summed E-state index contributed by atoms with van der Waals surface area (Å²) in [7, 11) is 0. The second-order valence-electron chi connectivity index (χ2n) is 6.81. The Kier molecular flexibility index (Phi) is 4.60. The average Bonchev–Trinajstić information content (AvgIpc) is 3.27. The maximum absolute atomic E-state index is 12.9. The fraction of sp³-hybridized carbons (Fsp3) is 0.286. The lowest BCUT2D eigenvalue weighted by atomic mass is 10.0. The summed E-state index contributed by atoms with van der Waals surface area (Å²) >= 11 is 6.05. The van der Waals surface area contributed by atoms with Crippen molar-refractivity contribution in [2.75, 3.05) is 18.4 Å². The number of rotatable bonds is 4. The van der Waals surface area contributed by atoms with Crippen LogP contribution in [0.25, 0.3) is 10.9 Å². The van der Waals surface area contributed by atoms with E-state index in [1.807, 2.05) is 47.4 Å². The second-order valence-corrected chi connectivity index (χ2v) is 7.24. The Morgan fingerprint density at radius 2 is 2.12 bits per heavy atom. The van der Waals surface area contributed by atoms with Crippen molar-refractivity contribution in [1.29, 1.82) is 0 Å². The molecule has 1 aromatic heterocycles. The maximum atomic E-state index is 12.9. The molecule has 0 spiro atoms. The molecular weight excluding hydrogens is 346 g/mol. The van der Waals surface area contributed by atoms with Gasteiger partial charge in [-0.1, -0.05) is 42.8 Å². The van der Waals surface area contributed by atoms with Crippen molar-refractivity contribution < 1.29 is 4.79 Å². The highest BCUT2D eigenvalue weighted by atomic mass is 35.5. The fourth-order valence-electron chi connectivity index (χ4n) is 3.67. The SMILES string of the molecule is CCc1ccccc1C(=O)N1CC[C@@H](Nc2cc3ccc(Cl)cc3[nH]2)C1. The smallest absolute Gasteiger partial charge is 0.254 e. The minimum atomic E-state index is 0.134. The Morgan fingerprint density at radius 1 is 1.27 bits per heavy atom. The number of aryl methyl sites for hydroxylation is 1. The first kappa shape index (κ1) is 17.0. The summed E-state index contributed by atoms with van der Waals surface area (Å²) in [5.74, 6) is 1.10. The molecule has 0 saturated carbocycles. The monoisotopic (exact) mass is 367 g/mol. The predicted octanol–water partition coefficient (Wildman–Crippen LogP) is 4.71. The molecular formula is C21H22ClN3O. The van der Waals surface area contributed by atoms with Gasteiger partial charge in [0.15, 0.2) is 0 Å². The fourth-order valence-corrected chi connectivity index (χ4v) is 3.84. The first-order valence-electron chi connectivity index (χ1n) is 9.06. The van der Waals surface area contributed by atoms with Gasteiger partial charge in [-0.3, -0.25) is 4.79 Å². The van der Waals surface area contributed by atoms with E-state index in [2.05, 4.69) is 23.3 Å². The Morgan fingerprint density at radius 3 is 2.96 bits per heavy atom. The normalized spacial score (nSPS) is 17.0. The van der Waals surface area contributed by atoms with Crippen molar-refractivity contribution in [1.82, 2.24) is 9.88 Å². The molecule has 5 heteroatoms. The van der Waals surface area contributed by atoms with Crippen LogP contribution in [0.15, 0.2) is 48.5 Å². The van der Waals surface area contributed by atoms with Gasteiger partial charge >= 0.3 is 0 Å². The van der Waals surface area contributed by atoms with Crippen LogP contribution in [0, 0.1) is 0 Å². The van der Waals surface area contributed by atoms with Crippen LogP contribution < -0.4 is 5.32 Å². The molecule has 1 aliphatic rings. The van der Waals surface area contributed by atoms with Crippen molar-refractivity contribution in [2.24, 2.45) is 0 Å². The van der Waals surface area contributed by atoms with Crippen molar-refractivity contribution in [3.8, 4) is 0 Å².